The van der Waals surface area contributed by atoms with Gasteiger partial charge in [-0.3, -0.25) is 19.5 Å². The number of benzene rings is 1. The third-order valence-corrected chi connectivity index (χ3v) is 2.36. The number of fused-ring (bicyclic) bond motifs is 1. The molecule has 0 radical (unpaired) electrons. The summed E-state index contributed by atoms with van der Waals surface area (Å²) in [6.45, 7) is -2.97. The van der Waals surface area contributed by atoms with E-state index in [1.807, 2.05) is 0 Å². The maximum atomic E-state index is 12.4. The molecule has 0 unspecified atom stereocenters. The van der Waals surface area contributed by atoms with Crippen molar-refractivity contribution in [3.05, 3.63) is 50.9 Å². The molecule has 0 aliphatic rings. The van der Waals surface area contributed by atoms with Crippen molar-refractivity contribution in [1.82, 2.24) is 4.57 Å². The Kier molecular flexibility index (Phi) is 2.58. The highest BCUT2D eigenvalue weighted by Crippen LogP contribution is 2.23. The fraction of sp³-hybridized carbons (Fsp3) is 0.100. The number of nitrogens with zero attached hydrogens (tertiary/aromatic N) is 2. The molecule has 0 amide bonds. The lowest BCUT2D eigenvalue weighted by molar-refractivity contribution is -0.383. The zero-order valence-electron chi connectivity index (χ0n) is 8.34. The SMILES string of the molecule is O=c1c2cccc([N+](=O)[O-])c2ccn1C(F)F. The minimum atomic E-state index is -2.97. The molecule has 88 valence electrons. The number of rotatable bonds is 2. The zero-order chi connectivity index (χ0) is 12.6. The molecule has 5 nitrogen and oxygen atoms in total. The highest BCUT2D eigenvalue weighted by atomic mass is 19.3. The topological polar surface area (TPSA) is 65.1 Å². The van der Waals surface area contributed by atoms with E-state index >= 15 is 0 Å². The lowest BCUT2D eigenvalue weighted by Gasteiger charge is -2.05. The number of hydrogen-bond donors (Lipinski definition) is 0. The first-order valence-corrected chi connectivity index (χ1v) is 4.59. The van der Waals surface area contributed by atoms with Gasteiger partial charge in [-0.1, -0.05) is 6.07 Å². The molecule has 0 aliphatic carbocycles. The minimum Gasteiger partial charge on any atom is -0.269 e. The Morgan fingerprint density at radius 3 is 2.53 bits per heavy atom. The van der Waals surface area contributed by atoms with Gasteiger partial charge >= 0.3 is 6.55 Å². The second-order valence-electron chi connectivity index (χ2n) is 3.30. The van der Waals surface area contributed by atoms with Crippen molar-refractivity contribution in [1.29, 1.82) is 0 Å². The molecule has 0 bridgehead atoms. The van der Waals surface area contributed by atoms with E-state index in [2.05, 4.69) is 0 Å². The first kappa shape index (κ1) is 11.2. The summed E-state index contributed by atoms with van der Waals surface area (Å²) >= 11 is 0. The van der Waals surface area contributed by atoms with Crippen molar-refractivity contribution in [2.24, 2.45) is 0 Å². The molecule has 7 heteroatoms. The number of nitro benzene ring substituents is 1. The van der Waals surface area contributed by atoms with E-state index in [0.29, 0.717) is 0 Å². The molecular formula is C10H6F2N2O3. The normalized spacial score (nSPS) is 11.0. The summed E-state index contributed by atoms with van der Waals surface area (Å²) in [4.78, 5) is 21.6. The molecule has 0 fully saturated rings. The Bertz CT molecular complexity index is 652. The predicted molar refractivity (Wildman–Crippen MR) is 56.1 cm³/mol. The van der Waals surface area contributed by atoms with Crippen LogP contribution in [0.25, 0.3) is 10.8 Å². The lowest BCUT2D eigenvalue weighted by Crippen LogP contribution is -2.20. The third kappa shape index (κ3) is 1.75. The van der Waals surface area contributed by atoms with Gasteiger partial charge in [0, 0.05) is 12.3 Å². The highest BCUT2D eigenvalue weighted by Gasteiger charge is 2.16. The minimum absolute atomic E-state index is 0.0550. The first-order chi connectivity index (χ1) is 8.02. The molecule has 1 heterocycles. The monoisotopic (exact) mass is 240 g/mol. The largest absolute Gasteiger partial charge is 0.321 e. The Morgan fingerprint density at radius 1 is 1.24 bits per heavy atom. The average molecular weight is 240 g/mol. The number of aromatic nitrogens is 1. The Morgan fingerprint density at radius 2 is 1.94 bits per heavy atom. The maximum absolute atomic E-state index is 12.4. The summed E-state index contributed by atoms with van der Waals surface area (Å²) in [5.41, 5.74) is -1.22. The van der Waals surface area contributed by atoms with Crippen molar-refractivity contribution in [2.45, 2.75) is 6.55 Å². The van der Waals surface area contributed by atoms with Crippen LogP contribution < -0.4 is 5.56 Å². The van der Waals surface area contributed by atoms with Gasteiger partial charge in [0.05, 0.1) is 15.7 Å². The number of pyridine rings is 1. The van der Waals surface area contributed by atoms with E-state index in [9.17, 15) is 23.7 Å². The van der Waals surface area contributed by atoms with Crippen LogP contribution in [0, 0.1) is 10.1 Å². The molecule has 2 rings (SSSR count). The van der Waals surface area contributed by atoms with Crippen LogP contribution in [0.4, 0.5) is 14.5 Å². The van der Waals surface area contributed by atoms with Crippen LogP contribution in [0.5, 0.6) is 0 Å². The molecule has 0 spiro atoms. The van der Waals surface area contributed by atoms with Crippen LogP contribution >= 0.6 is 0 Å². The summed E-state index contributed by atoms with van der Waals surface area (Å²) in [5.74, 6) is 0. The van der Waals surface area contributed by atoms with Crippen molar-refractivity contribution in [2.75, 3.05) is 0 Å². The molecule has 2 aromatic rings. The van der Waals surface area contributed by atoms with Gasteiger partial charge in [0.25, 0.3) is 11.2 Å². The zero-order valence-corrected chi connectivity index (χ0v) is 8.34. The van der Waals surface area contributed by atoms with Gasteiger partial charge in [0.15, 0.2) is 0 Å². The first-order valence-electron chi connectivity index (χ1n) is 4.59. The average Bonchev–Trinajstić information content (AvgIpc) is 2.28. The van der Waals surface area contributed by atoms with E-state index < -0.39 is 17.0 Å². The van der Waals surface area contributed by atoms with Crippen LogP contribution in [0.2, 0.25) is 0 Å². The van der Waals surface area contributed by atoms with Gasteiger partial charge in [0.1, 0.15) is 0 Å². The van der Waals surface area contributed by atoms with E-state index in [-0.39, 0.29) is 21.0 Å². The lowest BCUT2D eigenvalue weighted by atomic mass is 10.1. The molecule has 0 saturated carbocycles. The smallest absolute Gasteiger partial charge is 0.269 e. The number of nitro groups is 1. The van der Waals surface area contributed by atoms with Gasteiger partial charge in [-0.15, -0.1) is 0 Å². The summed E-state index contributed by atoms with van der Waals surface area (Å²) in [5, 5.41) is 10.7. The predicted octanol–water partition coefficient (Wildman–Crippen LogP) is 2.30. The van der Waals surface area contributed by atoms with Gasteiger partial charge in [-0.25, -0.2) is 0 Å². The molecule has 0 atom stereocenters. The molecule has 1 aromatic heterocycles. The second-order valence-corrected chi connectivity index (χ2v) is 3.30. The van der Waals surface area contributed by atoms with Gasteiger partial charge < -0.3 is 0 Å². The molecule has 1 aromatic carbocycles. The molecule has 0 aliphatic heterocycles. The van der Waals surface area contributed by atoms with Crippen LogP contribution in [0.15, 0.2) is 35.3 Å². The molecule has 0 saturated heterocycles. The molecular weight excluding hydrogens is 234 g/mol. The number of halogens is 2. The van der Waals surface area contributed by atoms with Crippen molar-refractivity contribution in [3.63, 3.8) is 0 Å². The van der Waals surface area contributed by atoms with Crippen molar-refractivity contribution in [3.8, 4) is 0 Å². The number of hydrogen-bond acceptors (Lipinski definition) is 3. The van der Waals surface area contributed by atoms with Gasteiger partial charge in [-0.05, 0) is 12.1 Å². The van der Waals surface area contributed by atoms with Crippen molar-refractivity contribution < 1.29 is 13.7 Å². The van der Waals surface area contributed by atoms with Gasteiger partial charge in [-0.2, -0.15) is 8.78 Å². The fourth-order valence-electron chi connectivity index (χ4n) is 1.59. The van der Waals surface area contributed by atoms with E-state index in [1.165, 1.54) is 18.2 Å². The van der Waals surface area contributed by atoms with Crippen LogP contribution in [0.1, 0.15) is 6.55 Å². The van der Waals surface area contributed by atoms with Crippen LogP contribution in [-0.4, -0.2) is 9.49 Å². The van der Waals surface area contributed by atoms with Crippen molar-refractivity contribution >= 4 is 16.5 Å². The molecule has 0 N–H and O–H groups in total. The van der Waals surface area contributed by atoms with Gasteiger partial charge in [0.2, 0.25) is 0 Å². The van der Waals surface area contributed by atoms with E-state index in [4.69, 9.17) is 0 Å². The summed E-state index contributed by atoms with van der Waals surface area (Å²) in [7, 11) is 0. The number of non-ortho nitro benzene ring substituents is 1. The van der Waals surface area contributed by atoms with E-state index in [0.717, 1.165) is 12.3 Å². The summed E-state index contributed by atoms with van der Waals surface area (Å²) in [6.07, 6.45) is 0.850. The van der Waals surface area contributed by atoms with Crippen LogP contribution in [0.3, 0.4) is 0 Å². The Hall–Kier alpha value is -2.31. The quantitative estimate of drug-likeness (QED) is 0.597. The Labute approximate surface area is 93.1 Å². The standard InChI is InChI=1S/C10H6F2N2O3/c11-10(12)13-5-4-6-7(9(13)15)2-1-3-8(6)14(16)17/h1-5,10H. The fourth-order valence-corrected chi connectivity index (χ4v) is 1.59. The van der Waals surface area contributed by atoms with Crippen LogP contribution in [-0.2, 0) is 0 Å². The number of alkyl halides is 2. The second kappa shape index (κ2) is 3.93. The summed E-state index contributed by atoms with van der Waals surface area (Å²) in [6, 6.07) is 4.93. The molecule has 17 heavy (non-hydrogen) atoms. The maximum Gasteiger partial charge on any atom is 0.321 e. The third-order valence-electron chi connectivity index (χ3n) is 2.36. The summed E-state index contributed by atoms with van der Waals surface area (Å²) < 4.78 is 25.1. The highest BCUT2D eigenvalue weighted by molar-refractivity contribution is 5.89. The van der Waals surface area contributed by atoms with E-state index in [1.54, 1.807) is 0 Å². The Balaban J connectivity index is 2.86.